The van der Waals surface area contributed by atoms with Crippen molar-refractivity contribution < 1.29 is 17.6 Å². The number of para-hydroxylation sites is 1. The van der Waals surface area contributed by atoms with Crippen molar-refractivity contribution in [3.8, 4) is 0 Å². The standard InChI is InChI=1S/C28H23FN2O3S/c1-20-16-18-23(19-17-20)35(33,34)31-27(24-14-8-9-15-25(24)29)30(22-12-6-3-7-13-22)26(28(31)32)21-10-4-2-5-11-21/h2-19,26-27H,1H3. The fourth-order valence-electron chi connectivity index (χ4n) is 4.48. The molecule has 176 valence electrons. The van der Waals surface area contributed by atoms with E-state index in [4.69, 9.17) is 0 Å². The van der Waals surface area contributed by atoms with Gasteiger partial charge in [0.05, 0.1) is 4.90 Å². The number of sulfonamides is 1. The van der Waals surface area contributed by atoms with E-state index < -0.39 is 34.0 Å². The van der Waals surface area contributed by atoms with Gasteiger partial charge >= 0.3 is 0 Å². The number of nitrogens with zero attached hydrogens (tertiary/aromatic N) is 2. The number of carbonyl (C=O) groups is 1. The van der Waals surface area contributed by atoms with Gasteiger partial charge in [0, 0.05) is 11.3 Å². The summed E-state index contributed by atoms with van der Waals surface area (Å²) in [4.78, 5) is 15.7. The zero-order chi connectivity index (χ0) is 24.6. The van der Waals surface area contributed by atoms with Crippen LogP contribution in [0, 0.1) is 12.7 Å². The Morgan fingerprint density at radius 2 is 1.31 bits per heavy atom. The van der Waals surface area contributed by atoms with Crippen LogP contribution in [0.15, 0.2) is 114 Å². The van der Waals surface area contributed by atoms with E-state index in [0.29, 0.717) is 11.3 Å². The minimum atomic E-state index is -4.33. The average Bonchev–Trinajstić information content (AvgIpc) is 3.19. The highest BCUT2D eigenvalue weighted by atomic mass is 32.2. The smallest absolute Gasteiger partial charge is 0.268 e. The van der Waals surface area contributed by atoms with Crippen molar-refractivity contribution in [2.75, 3.05) is 4.90 Å². The summed E-state index contributed by atoms with van der Waals surface area (Å²) < 4.78 is 44.0. The Morgan fingerprint density at radius 3 is 1.94 bits per heavy atom. The maximum atomic E-state index is 15.2. The van der Waals surface area contributed by atoms with Crippen molar-refractivity contribution in [1.29, 1.82) is 0 Å². The number of benzene rings is 4. The van der Waals surface area contributed by atoms with Crippen LogP contribution in [0.2, 0.25) is 0 Å². The molecule has 0 aromatic heterocycles. The lowest BCUT2D eigenvalue weighted by molar-refractivity contribution is -0.125. The van der Waals surface area contributed by atoms with Crippen molar-refractivity contribution in [3.63, 3.8) is 0 Å². The van der Waals surface area contributed by atoms with E-state index >= 15 is 4.39 Å². The van der Waals surface area contributed by atoms with Gasteiger partial charge < -0.3 is 4.90 Å². The molecule has 5 nitrogen and oxygen atoms in total. The highest BCUT2D eigenvalue weighted by Crippen LogP contribution is 2.47. The quantitative estimate of drug-likeness (QED) is 0.368. The number of hydrogen-bond acceptors (Lipinski definition) is 4. The van der Waals surface area contributed by atoms with E-state index in [1.54, 1.807) is 71.6 Å². The number of anilines is 1. The van der Waals surface area contributed by atoms with Crippen molar-refractivity contribution in [1.82, 2.24) is 4.31 Å². The Hall–Kier alpha value is -3.97. The first-order chi connectivity index (χ1) is 16.9. The second kappa shape index (κ2) is 9.00. The molecule has 2 atom stereocenters. The summed E-state index contributed by atoms with van der Waals surface area (Å²) >= 11 is 0. The lowest BCUT2D eigenvalue weighted by atomic mass is 10.0. The molecule has 1 saturated heterocycles. The van der Waals surface area contributed by atoms with Gasteiger partial charge in [0.25, 0.3) is 15.9 Å². The molecule has 35 heavy (non-hydrogen) atoms. The van der Waals surface area contributed by atoms with Crippen LogP contribution in [0.1, 0.15) is 28.9 Å². The van der Waals surface area contributed by atoms with Crippen LogP contribution in [0.5, 0.6) is 0 Å². The van der Waals surface area contributed by atoms with Gasteiger partial charge in [-0.2, -0.15) is 0 Å². The van der Waals surface area contributed by atoms with Gasteiger partial charge in [0.2, 0.25) is 0 Å². The number of carbonyl (C=O) groups excluding carboxylic acids is 1. The number of rotatable bonds is 5. The molecule has 0 N–H and O–H groups in total. The summed E-state index contributed by atoms with van der Waals surface area (Å²) in [6.07, 6.45) is -1.22. The lowest BCUT2D eigenvalue weighted by Gasteiger charge is -2.33. The van der Waals surface area contributed by atoms with Gasteiger partial charge in [-0.3, -0.25) is 4.79 Å². The molecule has 0 radical (unpaired) electrons. The topological polar surface area (TPSA) is 57.7 Å². The number of aryl methyl sites for hydroxylation is 1. The molecule has 2 unspecified atom stereocenters. The molecule has 1 heterocycles. The highest BCUT2D eigenvalue weighted by Gasteiger charge is 2.53. The third kappa shape index (κ3) is 3.98. The third-order valence-electron chi connectivity index (χ3n) is 6.15. The number of hydrogen-bond donors (Lipinski definition) is 0. The summed E-state index contributed by atoms with van der Waals surface area (Å²) in [5.41, 5.74) is 2.20. The van der Waals surface area contributed by atoms with Gasteiger partial charge in [-0.15, -0.1) is 0 Å². The first-order valence-corrected chi connectivity index (χ1v) is 12.6. The monoisotopic (exact) mass is 486 g/mol. The number of halogens is 1. The van der Waals surface area contributed by atoms with E-state index in [0.717, 1.165) is 9.87 Å². The van der Waals surface area contributed by atoms with E-state index in [9.17, 15) is 13.2 Å². The van der Waals surface area contributed by atoms with Gasteiger partial charge in [0.15, 0.2) is 0 Å². The van der Waals surface area contributed by atoms with Crippen LogP contribution in [0.25, 0.3) is 0 Å². The summed E-state index contributed by atoms with van der Waals surface area (Å²) in [6, 6.07) is 29.3. The van der Waals surface area contributed by atoms with Gasteiger partial charge in [-0.25, -0.2) is 17.1 Å². The van der Waals surface area contributed by atoms with Crippen LogP contribution < -0.4 is 4.90 Å². The summed E-state index contributed by atoms with van der Waals surface area (Å²) in [6.45, 7) is 1.85. The minimum absolute atomic E-state index is 0.0282. The molecule has 1 aliphatic rings. The SMILES string of the molecule is Cc1ccc(S(=O)(=O)N2C(=O)C(c3ccccc3)N(c3ccccc3)C2c2ccccc2F)cc1. The predicted molar refractivity (Wildman–Crippen MR) is 132 cm³/mol. The lowest BCUT2D eigenvalue weighted by Crippen LogP contribution is -2.37. The van der Waals surface area contributed by atoms with Crippen LogP contribution in [0.4, 0.5) is 10.1 Å². The van der Waals surface area contributed by atoms with Gasteiger partial charge in [-0.05, 0) is 42.8 Å². The number of amides is 1. The Balaban J connectivity index is 1.79. The summed E-state index contributed by atoms with van der Waals surface area (Å²) in [5.74, 6) is -1.24. The molecular weight excluding hydrogens is 463 g/mol. The molecule has 5 rings (SSSR count). The summed E-state index contributed by atoms with van der Waals surface area (Å²) in [5, 5.41) is 0. The molecule has 7 heteroatoms. The van der Waals surface area contributed by atoms with Crippen LogP contribution >= 0.6 is 0 Å². The predicted octanol–water partition coefficient (Wildman–Crippen LogP) is 5.61. The Morgan fingerprint density at radius 1 is 0.743 bits per heavy atom. The molecule has 1 fully saturated rings. The molecular formula is C28H23FN2O3S. The maximum Gasteiger partial charge on any atom is 0.268 e. The molecule has 0 spiro atoms. The molecule has 4 aromatic rings. The fraction of sp³-hybridized carbons (Fsp3) is 0.107. The van der Waals surface area contributed by atoms with E-state index in [-0.39, 0.29) is 10.5 Å². The van der Waals surface area contributed by atoms with Crippen molar-refractivity contribution in [3.05, 3.63) is 132 Å². The van der Waals surface area contributed by atoms with E-state index in [1.807, 2.05) is 19.1 Å². The molecule has 0 aliphatic carbocycles. The zero-order valence-corrected chi connectivity index (χ0v) is 19.8. The Bertz CT molecular complexity index is 1460. The zero-order valence-electron chi connectivity index (χ0n) is 19.0. The van der Waals surface area contributed by atoms with Gasteiger partial charge in [0.1, 0.15) is 18.0 Å². The molecule has 1 aliphatic heterocycles. The normalized spacial score (nSPS) is 18.2. The Kier molecular flexibility index (Phi) is 5.86. The Labute approximate surface area is 204 Å². The maximum absolute atomic E-state index is 15.2. The fourth-order valence-corrected chi connectivity index (χ4v) is 6.00. The molecule has 4 aromatic carbocycles. The molecule has 1 amide bonds. The third-order valence-corrected chi connectivity index (χ3v) is 7.91. The van der Waals surface area contributed by atoms with Crippen LogP contribution in [0.3, 0.4) is 0 Å². The van der Waals surface area contributed by atoms with E-state index in [2.05, 4.69) is 0 Å². The van der Waals surface area contributed by atoms with Gasteiger partial charge in [-0.1, -0.05) is 84.4 Å². The first kappa shape index (κ1) is 22.8. The second-order valence-electron chi connectivity index (χ2n) is 8.40. The van der Waals surface area contributed by atoms with Crippen molar-refractivity contribution in [2.45, 2.75) is 24.0 Å². The van der Waals surface area contributed by atoms with Crippen LogP contribution in [-0.4, -0.2) is 18.6 Å². The van der Waals surface area contributed by atoms with Crippen molar-refractivity contribution >= 4 is 21.6 Å². The summed E-state index contributed by atoms with van der Waals surface area (Å²) in [7, 11) is -4.33. The average molecular weight is 487 g/mol. The second-order valence-corrected chi connectivity index (χ2v) is 10.2. The highest BCUT2D eigenvalue weighted by molar-refractivity contribution is 7.89. The first-order valence-electron chi connectivity index (χ1n) is 11.2. The van der Waals surface area contributed by atoms with E-state index in [1.165, 1.54) is 30.3 Å². The largest absolute Gasteiger partial charge is 0.330 e. The molecule has 0 saturated carbocycles. The van der Waals surface area contributed by atoms with Crippen LogP contribution in [-0.2, 0) is 14.8 Å². The van der Waals surface area contributed by atoms with Crippen molar-refractivity contribution in [2.24, 2.45) is 0 Å². The minimum Gasteiger partial charge on any atom is -0.330 e. The molecule has 0 bridgehead atoms.